The van der Waals surface area contributed by atoms with Crippen molar-refractivity contribution in [2.24, 2.45) is 0 Å². The van der Waals surface area contributed by atoms with Gasteiger partial charge in [-0.05, 0) is 50.3 Å². The molecule has 0 aromatic heterocycles. The molecule has 0 fully saturated rings. The summed E-state index contributed by atoms with van der Waals surface area (Å²) in [4.78, 5) is 11.7. The second-order valence-electron chi connectivity index (χ2n) is 5.51. The number of amides is 1. The molecule has 1 aliphatic rings. The van der Waals surface area contributed by atoms with Gasteiger partial charge in [-0.25, -0.2) is 4.39 Å². The van der Waals surface area contributed by atoms with Crippen LogP contribution >= 0.6 is 11.6 Å². The third-order valence-corrected chi connectivity index (χ3v) is 4.04. The molecule has 22 heavy (non-hydrogen) atoms. The van der Waals surface area contributed by atoms with E-state index in [1.807, 2.05) is 0 Å². The molecule has 1 aromatic carbocycles. The van der Waals surface area contributed by atoms with Crippen molar-refractivity contribution < 1.29 is 9.18 Å². The Morgan fingerprint density at radius 2 is 2.14 bits per heavy atom. The van der Waals surface area contributed by atoms with Gasteiger partial charge in [0, 0.05) is 25.2 Å². The number of benzene rings is 1. The van der Waals surface area contributed by atoms with Crippen LogP contribution in [0.25, 0.3) is 0 Å². The van der Waals surface area contributed by atoms with Crippen LogP contribution in [0, 0.1) is 5.82 Å². The molecule has 0 heterocycles. The minimum absolute atomic E-state index is 0.0251. The zero-order chi connectivity index (χ0) is 15.8. The van der Waals surface area contributed by atoms with Crippen LogP contribution in [-0.2, 0) is 4.79 Å². The molecule has 0 unspecified atom stereocenters. The lowest BCUT2D eigenvalue weighted by molar-refractivity contribution is -0.120. The van der Waals surface area contributed by atoms with Gasteiger partial charge in [-0.15, -0.1) is 0 Å². The maximum Gasteiger partial charge on any atom is 0.221 e. The Labute approximate surface area is 135 Å². The summed E-state index contributed by atoms with van der Waals surface area (Å²) < 4.78 is 13.0. The van der Waals surface area contributed by atoms with Crippen LogP contribution in [0.1, 0.15) is 38.5 Å². The Morgan fingerprint density at radius 1 is 1.27 bits per heavy atom. The van der Waals surface area contributed by atoms with Gasteiger partial charge in [0.2, 0.25) is 5.91 Å². The standard InChI is InChI=1S/C17H22ClFN2O/c18-15-12-14(6-7-16(15)19)20-11-9-17(22)21-10-8-13-4-2-1-3-5-13/h4,6-7,12,20H,1-3,5,8-11H2,(H,21,22). The van der Waals surface area contributed by atoms with E-state index in [0.29, 0.717) is 25.2 Å². The van der Waals surface area contributed by atoms with Crippen molar-refractivity contribution in [2.75, 3.05) is 18.4 Å². The number of carbonyl (C=O) groups is 1. The number of halogens is 2. The first-order valence-electron chi connectivity index (χ1n) is 7.78. The monoisotopic (exact) mass is 324 g/mol. The minimum Gasteiger partial charge on any atom is -0.384 e. The highest BCUT2D eigenvalue weighted by molar-refractivity contribution is 6.31. The van der Waals surface area contributed by atoms with Gasteiger partial charge < -0.3 is 10.6 Å². The van der Waals surface area contributed by atoms with Gasteiger partial charge in [0.1, 0.15) is 5.82 Å². The second kappa shape index (κ2) is 8.79. The molecule has 0 spiro atoms. The van der Waals surface area contributed by atoms with E-state index in [-0.39, 0.29) is 10.9 Å². The summed E-state index contributed by atoms with van der Waals surface area (Å²) in [5, 5.41) is 6.07. The molecule has 0 saturated heterocycles. The second-order valence-corrected chi connectivity index (χ2v) is 5.92. The van der Waals surface area contributed by atoms with Crippen LogP contribution in [0.2, 0.25) is 5.02 Å². The molecular weight excluding hydrogens is 303 g/mol. The summed E-state index contributed by atoms with van der Waals surface area (Å²) in [6.07, 6.45) is 8.53. The lowest BCUT2D eigenvalue weighted by Gasteiger charge is -2.13. The number of allylic oxidation sites excluding steroid dienone is 1. The fourth-order valence-electron chi connectivity index (χ4n) is 2.51. The van der Waals surface area contributed by atoms with Crippen LogP contribution in [0.5, 0.6) is 0 Å². The van der Waals surface area contributed by atoms with E-state index >= 15 is 0 Å². The van der Waals surface area contributed by atoms with Crippen LogP contribution in [0.3, 0.4) is 0 Å². The molecule has 3 nitrogen and oxygen atoms in total. The molecule has 1 amide bonds. The van der Waals surface area contributed by atoms with Crippen LogP contribution in [0.15, 0.2) is 29.8 Å². The summed E-state index contributed by atoms with van der Waals surface area (Å²) >= 11 is 5.70. The lowest BCUT2D eigenvalue weighted by Crippen LogP contribution is -2.26. The molecule has 0 aliphatic heterocycles. The Bertz CT molecular complexity index is 545. The Balaban J connectivity index is 1.61. The normalized spacial score (nSPS) is 14.4. The maximum atomic E-state index is 13.0. The van der Waals surface area contributed by atoms with Crippen LogP contribution in [-0.4, -0.2) is 19.0 Å². The van der Waals surface area contributed by atoms with Gasteiger partial charge in [0.05, 0.1) is 5.02 Å². The average Bonchev–Trinajstić information content (AvgIpc) is 2.52. The highest BCUT2D eigenvalue weighted by atomic mass is 35.5. The Morgan fingerprint density at radius 3 is 2.86 bits per heavy atom. The zero-order valence-corrected chi connectivity index (χ0v) is 13.4. The average molecular weight is 325 g/mol. The SMILES string of the molecule is O=C(CCNc1ccc(F)c(Cl)c1)NCCC1=CCCCC1. The smallest absolute Gasteiger partial charge is 0.221 e. The van der Waals surface area contributed by atoms with E-state index in [1.54, 1.807) is 6.07 Å². The molecule has 5 heteroatoms. The number of nitrogens with one attached hydrogen (secondary N) is 2. The number of carbonyl (C=O) groups excluding carboxylic acids is 1. The van der Waals surface area contributed by atoms with Crippen molar-refractivity contribution in [3.63, 3.8) is 0 Å². The molecular formula is C17H22ClFN2O. The fourth-order valence-corrected chi connectivity index (χ4v) is 2.69. The van der Waals surface area contributed by atoms with Gasteiger partial charge in [-0.1, -0.05) is 23.3 Å². The van der Waals surface area contributed by atoms with Crippen molar-refractivity contribution in [1.29, 1.82) is 0 Å². The highest BCUT2D eigenvalue weighted by Gasteiger charge is 2.05. The number of hydrogen-bond acceptors (Lipinski definition) is 2. The van der Waals surface area contributed by atoms with Crippen LogP contribution < -0.4 is 10.6 Å². The predicted octanol–water partition coefficient (Wildman–Crippen LogP) is 4.29. The minimum atomic E-state index is -0.443. The topological polar surface area (TPSA) is 41.1 Å². The Hall–Kier alpha value is -1.55. The van der Waals surface area contributed by atoms with E-state index < -0.39 is 5.82 Å². The summed E-state index contributed by atoms with van der Waals surface area (Å²) in [5.41, 5.74) is 2.18. The molecule has 0 atom stereocenters. The van der Waals surface area contributed by atoms with Crippen molar-refractivity contribution >= 4 is 23.2 Å². The first kappa shape index (κ1) is 16.8. The van der Waals surface area contributed by atoms with Gasteiger partial charge in [0.15, 0.2) is 0 Å². The summed E-state index contributed by atoms with van der Waals surface area (Å²) in [6.45, 7) is 1.20. The summed E-state index contributed by atoms with van der Waals surface area (Å²) in [5.74, 6) is -0.418. The number of anilines is 1. The number of hydrogen-bond donors (Lipinski definition) is 2. The summed E-state index contributed by atoms with van der Waals surface area (Å²) in [7, 11) is 0. The maximum absolute atomic E-state index is 13.0. The van der Waals surface area contributed by atoms with Crippen molar-refractivity contribution in [3.05, 3.63) is 40.7 Å². The lowest BCUT2D eigenvalue weighted by atomic mass is 9.97. The third-order valence-electron chi connectivity index (χ3n) is 3.75. The molecule has 0 saturated carbocycles. The summed E-state index contributed by atoms with van der Waals surface area (Å²) in [6, 6.07) is 4.43. The fraction of sp³-hybridized carbons (Fsp3) is 0.471. The quantitative estimate of drug-likeness (QED) is 0.735. The van der Waals surface area contributed by atoms with E-state index in [2.05, 4.69) is 16.7 Å². The van der Waals surface area contributed by atoms with Gasteiger partial charge >= 0.3 is 0 Å². The molecule has 0 radical (unpaired) electrons. The molecule has 2 rings (SSSR count). The van der Waals surface area contributed by atoms with Crippen molar-refractivity contribution in [3.8, 4) is 0 Å². The molecule has 0 bridgehead atoms. The molecule has 2 N–H and O–H groups in total. The first-order valence-corrected chi connectivity index (χ1v) is 8.16. The van der Waals surface area contributed by atoms with E-state index in [9.17, 15) is 9.18 Å². The zero-order valence-electron chi connectivity index (χ0n) is 12.6. The predicted molar refractivity (Wildman–Crippen MR) is 88.7 cm³/mol. The molecule has 120 valence electrons. The largest absolute Gasteiger partial charge is 0.384 e. The molecule has 1 aromatic rings. The first-order chi connectivity index (χ1) is 10.6. The van der Waals surface area contributed by atoms with E-state index in [4.69, 9.17) is 11.6 Å². The number of rotatable bonds is 7. The van der Waals surface area contributed by atoms with Crippen molar-refractivity contribution in [1.82, 2.24) is 5.32 Å². The van der Waals surface area contributed by atoms with Gasteiger partial charge in [-0.2, -0.15) is 0 Å². The van der Waals surface area contributed by atoms with Crippen molar-refractivity contribution in [2.45, 2.75) is 38.5 Å². The van der Waals surface area contributed by atoms with E-state index in [1.165, 1.54) is 43.4 Å². The van der Waals surface area contributed by atoms with Gasteiger partial charge in [-0.3, -0.25) is 4.79 Å². The Kier molecular flexibility index (Phi) is 6.72. The van der Waals surface area contributed by atoms with Crippen LogP contribution in [0.4, 0.5) is 10.1 Å². The third kappa shape index (κ3) is 5.68. The molecule has 1 aliphatic carbocycles. The van der Waals surface area contributed by atoms with Gasteiger partial charge in [0.25, 0.3) is 0 Å². The highest BCUT2D eigenvalue weighted by Crippen LogP contribution is 2.20. The van der Waals surface area contributed by atoms with E-state index in [0.717, 1.165) is 6.42 Å².